The Morgan fingerprint density at radius 3 is 2.65 bits per heavy atom. The third-order valence-electron chi connectivity index (χ3n) is 4.71. The molecule has 0 aliphatic heterocycles. The number of allylic oxidation sites excluding steroid dienone is 1. The fourth-order valence-corrected chi connectivity index (χ4v) is 3.45. The maximum absolute atomic E-state index is 4.69. The van der Waals surface area contributed by atoms with Crippen LogP contribution >= 0.6 is 0 Å². The summed E-state index contributed by atoms with van der Waals surface area (Å²) in [5.74, 6) is 1.08. The Balaban J connectivity index is 1.64. The molecule has 0 saturated heterocycles. The molecule has 2 aromatic heterocycles. The van der Waals surface area contributed by atoms with E-state index < -0.39 is 0 Å². The first-order chi connectivity index (χ1) is 12.9. The van der Waals surface area contributed by atoms with Crippen molar-refractivity contribution in [2.45, 2.75) is 19.4 Å². The SMILES string of the molecule is C=CCn1c(-c2cccnc2)cnc1CCc1cccc2ccccc12. The molecule has 3 heteroatoms. The average Bonchev–Trinajstić information content (AvgIpc) is 3.10. The number of aryl methyl sites for hydroxylation is 2. The molecule has 0 saturated carbocycles. The third-order valence-corrected chi connectivity index (χ3v) is 4.71. The van der Waals surface area contributed by atoms with Gasteiger partial charge in [-0.3, -0.25) is 4.98 Å². The van der Waals surface area contributed by atoms with Crippen LogP contribution in [-0.4, -0.2) is 14.5 Å². The summed E-state index contributed by atoms with van der Waals surface area (Å²) in [6.45, 7) is 4.65. The van der Waals surface area contributed by atoms with Gasteiger partial charge in [-0.15, -0.1) is 6.58 Å². The Kier molecular flexibility index (Phi) is 4.61. The van der Waals surface area contributed by atoms with Crippen LogP contribution in [0.5, 0.6) is 0 Å². The smallest absolute Gasteiger partial charge is 0.109 e. The van der Waals surface area contributed by atoms with Crippen LogP contribution in [0.2, 0.25) is 0 Å². The van der Waals surface area contributed by atoms with Gasteiger partial charge in [0, 0.05) is 30.9 Å². The number of hydrogen-bond donors (Lipinski definition) is 0. The van der Waals surface area contributed by atoms with Crippen molar-refractivity contribution < 1.29 is 0 Å². The molecule has 0 unspecified atom stereocenters. The molecule has 0 spiro atoms. The van der Waals surface area contributed by atoms with E-state index in [1.807, 2.05) is 24.5 Å². The Labute approximate surface area is 153 Å². The molecule has 3 nitrogen and oxygen atoms in total. The van der Waals surface area contributed by atoms with E-state index in [2.05, 4.69) is 64.7 Å². The number of imidazole rings is 1. The van der Waals surface area contributed by atoms with Gasteiger partial charge >= 0.3 is 0 Å². The summed E-state index contributed by atoms with van der Waals surface area (Å²) in [6, 6.07) is 19.1. The van der Waals surface area contributed by atoms with E-state index in [1.54, 1.807) is 6.20 Å². The van der Waals surface area contributed by atoms with Crippen LogP contribution in [0.15, 0.2) is 85.8 Å². The minimum absolute atomic E-state index is 0.745. The summed E-state index contributed by atoms with van der Waals surface area (Å²) in [5.41, 5.74) is 3.53. The number of aromatic nitrogens is 3. The molecule has 2 aromatic carbocycles. The fraction of sp³-hybridized carbons (Fsp3) is 0.130. The van der Waals surface area contributed by atoms with E-state index in [-0.39, 0.29) is 0 Å². The molecule has 0 fully saturated rings. The van der Waals surface area contributed by atoms with E-state index in [0.29, 0.717) is 0 Å². The standard InChI is InChI=1S/C23H21N3/c1-2-15-26-22(20-10-6-14-24-16-20)17-25-23(26)13-12-19-9-5-8-18-7-3-4-11-21(18)19/h2-11,14,16-17H,1,12-13,15H2. The first-order valence-electron chi connectivity index (χ1n) is 8.89. The highest BCUT2D eigenvalue weighted by Gasteiger charge is 2.11. The predicted octanol–water partition coefficient (Wildman–Crippen LogP) is 5.07. The van der Waals surface area contributed by atoms with E-state index in [0.717, 1.165) is 36.5 Å². The second kappa shape index (κ2) is 7.36. The van der Waals surface area contributed by atoms with Crippen molar-refractivity contribution in [2.24, 2.45) is 0 Å². The van der Waals surface area contributed by atoms with Crippen molar-refractivity contribution in [2.75, 3.05) is 0 Å². The Hall–Kier alpha value is -3.20. The highest BCUT2D eigenvalue weighted by Crippen LogP contribution is 2.23. The van der Waals surface area contributed by atoms with Gasteiger partial charge in [0.1, 0.15) is 5.82 Å². The number of nitrogens with zero attached hydrogens (tertiary/aromatic N) is 3. The molecule has 0 aliphatic carbocycles. The van der Waals surface area contributed by atoms with Crippen molar-refractivity contribution in [3.05, 3.63) is 97.2 Å². The summed E-state index contributed by atoms with van der Waals surface area (Å²) in [4.78, 5) is 8.93. The lowest BCUT2D eigenvalue weighted by Crippen LogP contribution is -2.06. The monoisotopic (exact) mass is 339 g/mol. The summed E-state index contributed by atoms with van der Waals surface area (Å²) < 4.78 is 2.23. The fourth-order valence-electron chi connectivity index (χ4n) is 3.45. The average molecular weight is 339 g/mol. The molecule has 26 heavy (non-hydrogen) atoms. The van der Waals surface area contributed by atoms with Gasteiger partial charge in [-0.05, 0) is 34.9 Å². The Morgan fingerprint density at radius 1 is 0.923 bits per heavy atom. The zero-order valence-corrected chi connectivity index (χ0v) is 14.7. The molecular weight excluding hydrogens is 318 g/mol. The van der Waals surface area contributed by atoms with E-state index >= 15 is 0 Å². The topological polar surface area (TPSA) is 30.7 Å². The van der Waals surface area contributed by atoms with Crippen LogP contribution in [0.1, 0.15) is 11.4 Å². The molecule has 0 radical (unpaired) electrons. The minimum Gasteiger partial charge on any atom is -0.324 e. The van der Waals surface area contributed by atoms with Crippen molar-refractivity contribution in [3.8, 4) is 11.3 Å². The van der Waals surface area contributed by atoms with Gasteiger partial charge < -0.3 is 4.57 Å². The molecule has 128 valence electrons. The molecule has 4 aromatic rings. The third kappa shape index (κ3) is 3.16. The van der Waals surface area contributed by atoms with E-state index in [1.165, 1.54) is 16.3 Å². The number of rotatable bonds is 6. The second-order valence-electron chi connectivity index (χ2n) is 6.34. The van der Waals surface area contributed by atoms with Gasteiger partial charge in [0.05, 0.1) is 11.9 Å². The predicted molar refractivity (Wildman–Crippen MR) is 107 cm³/mol. The first kappa shape index (κ1) is 16.3. The van der Waals surface area contributed by atoms with Crippen LogP contribution in [0, 0.1) is 0 Å². The van der Waals surface area contributed by atoms with Gasteiger partial charge in [-0.1, -0.05) is 48.5 Å². The lowest BCUT2D eigenvalue weighted by Gasteiger charge is -2.11. The zero-order valence-electron chi connectivity index (χ0n) is 14.7. The highest BCUT2D eigenvalue weighted by molar-refractivity contribution is 5.85. The molecule has 0 N–H and O–H groups in total. The Morgan fingerprint density at radius 2 is 1.81 bits per heavy atom. The zero-order chi connectivity index (χ0) is 17.8. The van der Waals surface area contributed by atoms with Gasteiger partial charge in [0.2, 0.25) is 0 Å². The van der Waals surface area contributed by atoms with Crippen LogP contribution in [0.25, 0.3) is 22.0 Å². The van der Waals surface area contributed by atoms with Crippen LogP contribution < -0.4 is 0 Å². The van der Waals surface area contributed by atoms with Crippen LogP contribution in [0.3, 0.4) is 0 Å². The molecule has 4 rings (SSSR count). The van der Waals surface area contributed by atoms with Gasteiger partial charge in [0.15, 0.2) is 0 Å². The lowest BCUT2D eigenvalue weighted by molar-refractivity contribution is 0.731. The first-order valence-corrected chi connectivity index (χ1v) is 8.89. The molecule has 0 atom stereocenters. The van der Waals surface area contributed by atoms with Crippen molar-refractivity contribution in [1.29, 1.82) is 0 Å². The molecule has 0 aliphatic rings. The van der Waals surface area contributed by atoms with E-state index in [9.17, 15) is 0 Å². The lowest BCUT2D eigenvalue weighted by atomic mass is 10.0. The summed E-state index contributed by atoms with van der Waals surface area (Å²) in [5, 5.41) is 2.61. The minimum atomic E-state index is 0.745. The van der Waals surface area contributed by atoms with E-state index in [4.69, 9.17) is 4.98 Å². The summed E-state index contributed by atoms with van der Waals surface area (Å²) in [7, 11) is 0. The van der Waals surface area contributed by atoms with Gasteiger partial charge in [0.25, 0.3) is 0 Å². The number of hydrogen-bond acceptors (Lipinski definition) is 2. The van der Waals surface area contributed by atoms with Crippen molar-refractivity contribution >= 4 is 10.8 Å². The highest BCUT2D eigenvalue weighted by atomic mass is 15.1. The normalized spacial score (nSPS) is 10.9. The molecule has 2 heterocycles. The van der Waals surface area contributed by atoms with Crippen LogP contribution in [-0.2, 0) is 19.4 Å². The van der Waals surface area contributed by atoms with Gasteiger partial charge in [-0.2, -0.15) is 0 Å². The summed E-state index contributed by atoms with van der Waals surface area (Å²) in [6.07, 6.45) is 9.39. The molecule has 0 bridgehead atoms. The largest absolute Gasteiger partial charge is 0.324 e. The van der Waals surface area contributed by atoms with Crippen molar-refractivity contribution in [1.82, 2.24) is 14.5 Å². The maximum atomic E-state index is 4.69. The summed E-state index contributed by atoms with van der Waals surface area (Å²) >= 11 is 0. The molecule has 0 amide bonds. The van der Waals surface area contributed by atoms with Gasteiger partial charge in [-0.25, -0.2) is 4.98 Å². The van der Waals surface area contributed by atoms with Crippen LogP contribution in [0.4, 0.5) is 0 Å². The maximum Gasteiger partial charge on any atom is 0.109 e. The number of pyridine rings is 1. The van der Waals surface area contributed by atoms with Crippen molar-refractivity contribution in [3.63, 3.8) is 0 Å². The Bertz CT molecular complexity index is 1030. The molecular formula is C23H21N3. The second-order valence-corrected chi connectivity index (χ2v) is 6.34. The quantitative estimate of drug-likeness (QED) is 0.459. The number of fused-ring (bicyclic) bond motifs is 1. The number of benzene rings is 2.